The summed E-state index contributed by atoms with van der Waals surface area (Å²) in [5.74, 6) is 0.909. The fraction of sp³-hybridized carbons (Fsp3) is 0.800. The number of allylic oxidation sites excluding steroid dienone is 2. The van der Waals surface area contributed by atoms with Gasteiger partial charge in [-0.25, -0.2) is 0 Å². The first-order valence-corrected chi connectivity index (χ1v) is 4.79. The van der Waals surface area contributed by atoms with Crippen LogP contribution >= 0.6 is 0 Å². The fourth-order valence-electron chi connectivity index (χ4n) is 1.58. The first-order valence-electron chi connectivity index (χ1n) is 4.79. The molecule has 1 atom stereocenters. The van der Waals surface area contributed by atoms with Crippen molar-refractivity contribution in [3.05, 3.63) is 12.2 Å². The number of hydrogen-bond donors (Lipinski definition) is 1. The van der Waals surface area contributed by atoms with Gasteiger partial charge >= 0.3 is 0 Å². The zero-order chi connectivity index (χ0) is 7.94. The lowest BCUT2D eigenvalue weighted by molar-refractivity contribution is 0.381. The maximum atomic E-state index is 3.43. The van der Waals surface area contributed by atoms with Crippen molar-refractivity contribution in [2.45, 2.75) is 32.6 Å². The molecule has 1 heteroatoms. The number of piperidine rings is 1. The largest absolute Gasteiger partial charge is 0.316 e. The minimum absolute atomic E-state index is 0.909. The molecule has 0 aromatic rings. The summed E-state index contributed by atoms with van der Waals surface area (Å²) >= 11 is 0. The smallest absolute Gasteiger partial charge is 0.00175 e. The Morgan fingerprint density at radius 1 is 1.45 bits per heavy atom. The lowest BCUT2D eigenvalue weighted by atomic mass is 9.96. The van der Waals surface area contributed by atoms with Crippen LogP contribution in [0.3, 0.4) is 0 Å². The standard InChI is InChI=1S/C10H19N/c1-2-3-4-6-10-7-5-8-11-9-10/h3-4,10-11H,2,5-9H2,1H3. The molecule has 0 amide bonds. The Bertz CT molecular complexity index is 112. The second kappa shape index (κ2) is 5.36. The Morgan fingerprint density at radius 3 is 3.00 bits per heavy atom. The van der Waals surface area contributed by atoms with Crippen molar-refractivity contribution in [1.29, 1.82) is 0 Å². The first kappa shape index (κ1) is 8.79. The minimum Gasteiger partial charge on any atom is -0.316 e. The maximum absolute atomic E-state index is 3.43. The van der Waals surface area contributed by atoms with Crippen LogP contribution < -0.4 is 5.32 Å². The molecular weight excluding hydrogens is 134 g/mol. The van der Waals surface area contributed by atoms with Gasteiger partial charge in [0.2, 0.25) is 0 Å². The normalized spacial score (nSPS) is 26.1. The van der Waals surface area contributed by atoms with E-state index in [1.54, 1.807) is 0 Å². The zero-order valence-electron chi connectivity index (χ0n) is 7.47. The van der Waals surface area contributed by atoms with Gasteiger partial charge in [-0.15, -0.1) is 0 Å². The molecule has 0 saturated carbocycles. The third-order valence-corrected chi connectivity index (χ3v) is 2.27. The molecule has 64 valence electrons. The van der Waals surface area contributed by atoms with E-state index in [-0.39, 0.29) is 0 Å². The van der Waals surface area contributed by atoms with Crippen LogP contribution in [0.15, 0.2) is 12.2 Å². The molecule has 1 saturated heterocycles. The first-order chi connectivity index (χ1) is 5.43. The van der Waals surface area contributed by atoms with Crippen LogP contribution in [-0.4, -0.2) is 13.1 Å². The van der Waals surface area contributed by atoms with E-state index < -0.39 is 0 Å². The zero-order valence-corrected chi connectivity index (χ0v) is 7.47. The Kier molecular flexibility index (Phi) is 4.29. The molecule has 0 spiro atoms. The molecule has 11 heavy (non-hydrogen) atoms. The molecule has 0 aromatic heterocycles. The van der Waals surface area contributed by atoms with Crippen molar-refractivity contribution >= 4 is 0 Å². The van der Waals surface area contributed by atoms with Crippen molar-refractivity contribution in [1.82, 2.24) is 5.32 Å². The summed E-state index contributed by atoms with van der Waals surface area (Å²) < 4.78 is 0. The van der Waals surface area contributed by atoms with Crippen molar-refractivity contribution in [3.8, 4) is 0 Å². The molecule has 1 unspecified atom stereocenters. The number of hydrogen-bond acceptors (Lipinski definition) is 1. The third kappa shape index (κ3) is 3.57. The lowest BCUT2D eigenvalue weighted by Gasteiger charge is -2.21. The molecule has 1 aliphatic rings. The van der Waals surface area contributed by atoms with E-state index >= 15 is 0 Å². The highest BCUT2D eigenvalue weighted by Crippen LogP contribution is 2.14. The minimum atomic E-state index is 0.909. The predicted molar refractivity (Wildman–Crippen MR) is 49.6 cm³/mol. The van der Waals surface area contributed by atoms with Crippen LogP contribution in [0.25, 0.3) is 0 Å². The topological polar surface area (TPSA) is 12.0 Å². The van der Waals surface area contributed by atoms with Crippen LogP contribution in [0.4, 0.5) is 0 Å². The summed E-state index contributed by atoms with van der Waals surface area (Å²) in [7, 11) is 0. The van der Waals surface area contributed by atoms with Crippen molar-refractivity contribution in [3.63, 3.8) is 0 Å². The fourth-order valence-corrected chi connectivity index (χ4v) is 1.58. The summed E-state index contributed by atoms with van der Waals surface area (Å²) in [6.07, 6.45) is 9.85. The van der Waals surface area contributed by atoms with Crippen LogP contribution in [0.1, 0.15) is 32.6 Å². The SMILES string of the molecule is CCC=CCC1CCCNC1. The van der Waals surface area contributed by atoms with Gasteiger partial charge in [0.15, 0.2) is 0 Å². The predicted octanol–water partition coefficient (Wildman–Crippen LogP) is 2.34. The monoisotopic (exact) mass is 153 g/mol. The van der Waals surface area contributed by atoms with Crippen LogP contribution in [0.2, 0.25) is 0 Å². The Morgan fingerprint density at radius 2 is 2.36 bits per heavy atom. The molecular formula is C10H19N. The van der Waals surface area contributed by atoms with E-state index in [2.05, 4.69) is 24.4 Å². The van der Waals surface area contributed by atoms with Crippen molar-refractivity contribution < 1.29 is 0 Å². The van der Waals surface area contributed by atoms with Gasteiger partial charge < -0.3 is 5.32 Å². The molecule has 0 aromatic carbocycles. The highest BCUT2D eigenvalue weighted by Gasteiger charge is 2.09. The number of nitrogens with one attached hydrogen (secondary N) is 1. The average Bonchev–Trinajstić information content (AvgIpc) is 2.07. The van der Waals surface area contributed by atoms with Gasteiger partial charge in [-0.3, -0.25) is 0 Å². The summed E-state index contributed by atoms with van der Waals surface area (Å²) in [4.78, 5) is 0. The Labute approximate surface area is 69.9 Å². The van der Waals surface area contributed by atoms with Gasteiger partial charge in [0, 0.05) is 0 Å². The van der Waals surface area contributed by atoms with Crippen LogP contribution in [0.5, 0.6) is 0 Å². The molecule has 1 rings (SSSR count). The highest BCUT2D eigenvalue weighted by molar-refractivity contribution is 4.84. The van der Waals surface area contributed by atoms with Gasteiger partial charge in [-0.2, -0.15) is 0 Å². The Hall–Kier alpha value is -0.300. The van der Waals surface area contributed by atoms with Crippen LogP contribution in [-0.2, 0) is 0 Å². The van der Waals surface area contributed by atoms with Gasteiger partial charge in [-0.1, -0.05) is 19.1 Å². The van der Waals surface area contributed by atoms with Gasteiger partial charge in [0.25, 0.3) is 0 Å². The number of rotatable bonds is 3. The quantitative estimate of drug-likeness (QED) is 0.614. The van der Waals surface area contributed by atoms with Crippen molar-refractivity contribution in [2.24, 2.45) is 5.92 Å². The van der Waals surface area contributed by atoms with E-state index in [4.69, 9.17) is 0 Å². The van der Waals surface area contributed by atoms with Crippen molar-refractivity contribution in [2.75, 3.05) is 13.1 Å². The highest BCUT2D eigenvalue weighted by atomic mass is 14.9. The summed E-state index contributed by atoms with van der Waals surface area (Å²) in [5, 5.41) is 3.43. The molecule has 0 radical (unpaired) electrons. The second-order valence-electron chi connectivity index (χ2n) is 3.33. The van der Waals surface area contributed by atoms with Gasteiger partial charge in [-0.05, 0) is 44.7 Å². The summed E-state index contributed by atoms with van der Waals surface area (Å²) in [6, 6.07) is 0. The average molecular weight is 153 g/mol. The molecule has 1 aliphatic heterocycles. The van der Waals surface area contributed by atoms with Gasteiger partial charge in [0.05, 0.1) is 0 Å². The molecule has 1 N–H and O–H groups in total. The second-order valence-corrected chi connectivity index (χ2v) is 3.33. The van der Waals surface area contributed by atoms with E-state index in [9.17, 15) is 0 Å². The van der Waals surface area contributed by atoms with E-state index in [0.29, 0.717) is 0 Å². The van der Waals surface area contributed by atoms with E-state index in [1.807, 2.05) is 0 Å². The van der Waals surface area contributed by atoms with Crippen LogP contribution in [0, 0.1) is 5.92 Å². The Balaban J connectivity index is 2.09. The molecule has 0 bridgehead atoms. The van der Waals surface area contributed by atoms with E-state index in [1.165, 1.54) is 38.8 Å². The third-order valence-electron chi connectivity index (χ3n) is 2.27. The molecule has 1 fully saturated rings. The molecule has 1 heterocycles. The lowest BCUT2D eigenvalue weighted by Crippen LogP contribution is -2.29. The molecule has 0 aliphatic carbocycles. The molecule has 1 nitrogen and oxygen atoms in total. The maximum Gasteiger partial charge on any atom is -0.00175 e. The van der Waals surface area contributed by atoms with Gasteiger partial charge in [0.1, 0.15) is 0 Å². The van der Waals surface area contributed by atoms with E-state index in [0.717, 1.165) is 5.92 Å². The summed E-state index contributed by atoms with van der Waals surface area (Å²) in [5.41, 5.74) is 0. The summed E-state index contributed by atoms with van der Waals surface area (Å²) in [6.45, 7) is 4.65.